The first kappa shape index (κ1) is 14.8. The van der Waals surface area contributed by atoms with Crippen molar-refractivity contribution in [3.05, 3.63) is 53.6 Å². The van der Waals surface area contributed by atoms with Crippen LogP contribution in [-0.2, 0) is 6.54 Å². The predicted molar refractivity (Wildman–Crippen MR) is 92.3 cm³/mol. The average molecular weight is 340 g/mol. The predicted octanol–water partition coefficient (Wildman–Crippen LogP) is 2.61. The van der Waals surface area contributed by atoms with E-state index in [1.54, 1.807) is 16.4 Å². The third-order valence-electron chi connectivity index (χ3n) is 3.66. The summed E-state index contributed by atoms with van der Waals surface area (Å²) in [5.41, 5.74) is 2.27. The van der Waals surface area contributed by atoms with E-state index in [-0.39, 0.29) is 5.91 Å². The summed E-state index contributed by atoms with van der Waals surface area (Å²) in [5, 5.41) is 12.8. The highest BCUT2D eigenvalue weighted by Gasteiger charge is 2.22. The molecule has 1 aliphatic carbocycles. The minimum atomic E-state index is -0.195. The molecule has 7 nitrogen and oxygen atoms in total. The van der Waals surface area contributed by atoms with Crippen LogP contribution in [0.1, 0.15) is 28.9 Å². The number of nitrogens with one attached hydrogen (secondary N) is 2. The number of benzene rings is 1. The van der Waals surface area contributed by atoms with Crippen molar-refractivity contribution in [3.63, 3.8) is 0 Å². The number of carbonyl (C=O) groups is 1. The van der Waals surface area contributed by atoms with Crippen LogP contribution in [0.3, 0.4) is 0 Å². The Hall–Kier alpha value is -2.74. The van der Waals surface area contributed by atoms with E-state index in [4.69, 9.17) is 0 Å². The summed E-state index contributed by atoms with van der Waals surface area (Å²) < 4.78 is 1.75. The van der Waals surface area contributed by atoms with Crippen LogP contribution in [0.15, 0.2) is 42.3 Å². The lowest BCUT2D eigenvalue weighted by molar-refractivity contribution is 0.102. The van der Waals surface area contributed by atoms with Crippen molar-refractivity contribution in [1.29, 1.82) is 0 Å². The Labute approximate surface area is 142 Å². The minimum Gasteiger partial charge on any atom is -0.359 e. The average Bonchev–Trinajstić information content (AvgIpc) is 3.05. The molecular formula is C16H16N6OS. The van der Waals surface area contributed by atoms with Crippen molar-refractivity contribution in [3.8, 4) is 0 Å². The number of aromatic nitrogens is 4. The third kappa shape index (κ3) is 3.60. The standard InChI is InChI=1S/C16H16N6OS/c23-15(14-8-24-16(21-14)20-13-5-6-13)19-12-3-1-11(2-4-12)7-22-10-17-9-18-22/h1-4,8-10,13H,5-7H2,(H,19,23)(H,20,21). The second kappa shape index (κ2) is 6.40. The lowest BCUT2D eigenvalue weighted by atomic mass is 10.2. The summed E-state index contributed by atoms with van der Waals surface area (Å²) in [4.78, 5) is 20.5. The zero-order valence-electron chi connectivity index (χ0n) is 12.8. The molecule has 4 rings (SSSR count). The number of thiazole rings is 1. The lowest BCUT2D eigenvalue weighted by Gasteiger charge is -2.05. The summed E-state index contributed by atoms with van der Waals surface area (Å²) in [5.74, 6) is -0.195. The smallest absolute Gasteiger partial charge is 0.275 e. The van der Waals surface area contributed by atoms with Crippen molar-refractivity contribution in [1.82, 2.24) is 19.7 Å². The highest BCUT2D eigenvalue weighted by Crippen LogP contribution is 2.26. The monoisotopic (exact) mass is 340 g/mol. The van der Waals surface area contributed by atoms with Gasteiger partial charge in [0.05, 0.1) is 6.54 Å². The Morgan fingerprint density at radius 1 is 1.29 bits per heavy atom. The number of rotatable bonds is 6. The highest BCUT2D eigenvalue weighted by molar-refractivity contribution is 7.13. The van der Waals surface area contributed by atoms with Gasteiger partial charge in [0, 0.05) is 17.1 Å². The van der Waals surface area contributed by atoms with Crippen LogP contribution in [0, 0.1) is 0 Å². The van der Waals surface area contributed by atoms with Crippen molar-refractivity contribution in [2.24, 2.45) is 0 Å². The topological polar surface area (TPSA) is 84.7 Å². The van der Waals surface area contributed by atoms with E-state index in [1.165, 1.54) is 30.5 Å². The Kier molecular flexibility index (Phi) is 3.96. The van der Waals surface area contributed by atoms with E-state index in [9.17, 15) is 4.79 Å². The van der Waals surface area contributed by atoms with Gasteiger partial charge in [-0.3, -0.25) is 4.79 Å². The van der Waals surface area contributed by atoms with Crippen LogP contribution >= 0.6 is 11.3 Å². The zero-order valence-corrected chi connectivity index (χ0v) is 13.7. The number of carbonyl (C=O) groups excluding carboxylic acids is 1. The molecule has 24 heavy (non-hydrogen) atoms. The Morgan fingerprint density at radius 3 is 2.83 bits per heavy atom. The summed E-state index contributed by atoms with van der Waals surface area (Å²) in [6.07, 6.45) is 5.55. The molecule has 122 valence electrons. The fourth-order valence-electron chi connectivity index (χ4n) is 2.24. The number of hydrogen-bond donors (Lipinski definition) is 2. The van der Waals surface area contributed by atoms with Crippen LogP contribution in [0.4, 0.5) is 10.8 Å². The Bertz CT molecular complexity index is 823. The van der Waals surface area contributed by atoms with Gasteiger partial charge in [-0.1, -0.05) is 12.1 Å². The molecule has 0 radical (unpaired) electrons. The van der Waals surface area contributed by atoms with Crippen LogP contribution in [0.25, 0.3) is 0 Å². The Balaban J connectivity index is 1.37. The third-order valence-corrected chi connectivity index (χ3v) is 4.44. The fourth-order valence-corrected chi connectivity index (χ4v) is 3.01. The Morgan fingerprint density at radius 2 is 2.12 bits per heavy atom. The quantitative estimate of drug-likeness (QED) is 0.720. The van der Waals surface area contributed by atoms with Crippen molar-refractivity contribution >= 4 is 28.1 Å². The van der Waals surface area contributed by atoms with E-state index in [0.717, 1.165) is 16.4 Å². The zero-order chi connectivity index (χ0) is 16.4. The summed E-state index contributed by atoms with van der Waals surface area (Å²) in [7, 11) is 0. The van der Waals surface area contributed by atoms with Gasteiger partial charge < -0.3 is 10.6 Å². The number of anilines is 2. The molecular weight excluding hydrogens is 324 g/mol. The molecule has 0 bridgehead atoms. The number of hydrogen-bond acceptors (Lipinski definition) is 6. The number of amides is 1. The van der Waals surface area contributed by atoms with Crippen molar-refractivity contribution in [2.45, 2.75) is 25.4 Å². The maximum absolute atomic E-state index is 12.3. The highest BCUT2D eigenvalue weighted by atomic mass is 32.1. The summed E-state index contributed by atoms with van der Waals surface area (Å²) in [6, 6.07) is 8.20. The molecule has 1 amide bonds. The molecule has 0 aliphatic heterocycles. The fraction of sp³-hybridized carbons (Fsp3) is 0.250. The molecule has 2 N–H and O–H groups in total. The van der Waals surface area contributed by atoms with Crippen LogP contribution in [0.5, 0.6) is 0 Å². The van der Waals surface area contributed by atoms with Gasteiger partial charge in [0.1, 0.15) is 18.3 Å². The first-order chi connectivity index (χ1) is 11.8. The van der Waals surface area contributed by atoms with Gasteiger partial charge in [-0.05, 0) is 30.5 Å². The molecule has 1 aliphatic rings. The molecule has 0 unspecified atom stereocenters. The molecule has 2 aromatic heterocycles. The molecule has 3 aromatic rings. The molecule has 2 heterocycles. The molecule has 0 spiro atoms. The van der Waals surface area contributed by atoms with E-state index >= 15 is 0 Å². The van der Waals surface area contributed by atoms with Gasteiger partial charge in [-0.25, -0.2) is 14.6 Å². The molecule has 0 saturated heterocycles. The van der Waals surface area contributed by atoms with Gasteiger partial charge in [0.25, 0.3) is 5.91 Å². The van der Waals surface area contributed by atoms with Gasteiger partial charge in [-0.15, -0.1) is 11.3 Å². The van der Waals surface area contributed by atoms with E-state index in [0.29, 0.717) is 18.3 Å². The summed E-state index contributed by atoms with van der Waals surface area (Å²) in [6.45, 7) is 0.649. The van der Waals surface area contributed by atoms with Gasteiger partial charge in [-0.2, -0.15) is 5.10 Å². The SMILES string of the molecule is O=C(Nc1ccc(Cn2cncn2)cc1)c1csc(NC2CC2)n1. The molecule has 1 saturated carbocycles. The molecule has 0 atom stereocenters. The second-order valence-corrected chi connectivity index (χ2v) is 6.56. The van der Waals surface area contributed by atoms with Crippen LogP contribution in [0.2, 0.25) is 0 Å². The lowest BCUT2D eigenvalue weighted by Crippen LogP contribution is -2.12. The van der Waals surface area contributed by atoms with Crippen LogP contribution in [-0.4, -0.2) is 31.7 Å². The van der Waals surface area contributed by atoms with E-state index in [2.05, 4.69) is 25.7 Å². The first-order valence-electron chi connectivity index (χ1n) is 7.71. The van der Waals surface area contributed by atoms with Gasteiger partial charge in [0.15, 0.2) is 5.13 Å². The van der Waals surface area contributed by atoms with Gasteiger partial charge in [0.2, 0.25) is 0 Å². The normalized spacial score (nSPS) is 13.7. The molecule has 1 aromatic carbocycles. The van der Waals surface area contributed by atoms with Crippen LogP contribution < -0.4 is 10.6 Å². The molecule has 1 fully saturated rings. The second-order valence-electron chi connectivity index (χ2n) is 5.70. The van der Waals surface area contributed by atoms with Gasteiger partial charge >= 0.3 is 0 Å². The van der Waals surface area contributed by atoms with E-state index in [1.807, 2.05) is 24.3 Å². The molecule has 8 heteroatoms. The largest absolute Gasteiger partial charge is 0.359 e. The minimum absolute atomic E-state index is 0.195. The summed E-state index contributed by atoms with van der Waals surface area (Å²) >= 11 is 1.46. The maximum atomic E-state index is 12.3. The number of nitrogens with zero attached hydrogens (tertiary/aromatic N) is 4. The maximum Gasteiger partial charge on any atom is 0.275 e. The first-order valence-corrected chi connectivity index (χ1v) is 8.59. The van der Waals surface area contributed by atoms with E-state index < -0.39 is 0 Å². The van der Waals surface area contributed by atoms with Crippen molar-refractivity contribution in [2.75, 3.05) is 10.6 Å². The van der Waals surface area contributed by atoms with Crippen molar-refractivity contribution < 1.29 is 4.79 Å².